The second kappa shape index (κ2) is 11.9. The van der Waals surface area contributed by atoms with Gasteiger partial charge >= 0.3 is 5.97 Å². The van der Waals surface area contributed by atoms with Crippen LogP contribution in [-0.2, 0) is 6.42 Å². The molecule has 0 aliphatic carbocycles. The third-order valence-corrected chi connectivity index (χ3v) is 5.11. The van der Waals surface area contributed by atoms with Crippen LogP contribution in [0.15, 0.2) is 66.9 Å². The second-order valence-electron chi connectivity index (χ2n) is 7.65. The van der Waals surface area contributed by atoms with Gasteiger partial charge < -0.3 is 9.47 Å². The number of hydrogen-bond acceptors (Lipinski definition) is 4. The van der Waals surface area contributed by atoms with Gasteiger partial charge in [-0.2, -0.15) is 0 Å². The van der Waals surface area contributed by atoms with Crippen LogP contribution < -0.4 is 9.47 Å². The zero-order chi connectivity index (χ0) is 21.9. The minimum Gasteiger partial charge on any atom is -0.494 e. The van der Waals surface area contributed by atoms with E-state index in [4.69, 9.17) is 9.47 Å². The van der Waals surface area contributed by atoms with Gasteiger partial charge in [-0.25, -0.2) is 4.79 Å². The summed E-state index contributed by atoms with van der Waals surface area (Å²) in [4.78, 5) is 17.0. The number of aryl methyl sites for hydroxylation is 1. The van der Waals surface area contributed by atoms with Crippen LogP contribution in [0.5, 0.6) is 11.5 Å². The highest BCUT2D eigenvalue weighted by atomic mass is 16.5. The third kappa shape index (κ3) is 6.95. The predicted octanol–water partition coefficient (Wildman–Crippen LogP) is 6.88. The van der Waals surface area contributed by atoms with Crippen molar-refractivity contribution in [1.29, 1.82) is 0 Å². The van der Waals surface area contributed by atoms with Gasteiger partial charge in [0.05, 0.1) is 17.9 Å². The van der Waals surface area contributed by atoms with E-state index in [2.05, 4.69) is 24.9 Å². The Balaban J connectivity index is 1.56. The van der Waals surface area contributed by atoms with Gasteiger partial charge in [0, 0.05) is 11.8 Å². The molecule has 3 aromatic rings. The van der Waals surface area contributed by atoms with Crippen LogP contribution in [0.2, 0.25) is 0 Å². The molecular formula is C27H31NO3. The van der Waals surface area contributed by atoms with Crippen molar-refractivity contribution < 1.29 is 14.3 Å². The molecule has 162 valence electrons. The molecule has 0 N–H and O–H groups in total. The van der Waals surface area contributed by atoms with Crippen LogP contribution in [0, 0.1) is 0 Å². The number of hydrogen-bond donors (Lipinski definition) is 0. The van der Waals surface area contributed by atoms with E-state index in [0.29, 0.717) is 17.9 Å². The summed E-state index contributed by atoms with van der Waals surface area (Å²) in [5, 5.41) is 0. The molecule has 1 heterocycles. The molecule has 0 spiro atoms. The molecule has 0 radical (unpaired) electrons. The van der Waals surface area contributed by atoms with Crippen molar-refractivity contribution in [2.75, 3.05) is 6.61 Å². The van der Waals surface area contributed by atoms with E-state index in [-0.39, 0.29) is 5.97 Å². The van der Waals surface area contributed by atoms with Gasteiger partial charge in [-0.15, -0.1) is 0 Å². The van der Waals surface area contributed by atoms with E-state index >= 15 is 0 Å². The molecule has 0 amide bonds. The largest absolute Gasteiger partial charge is 0.494 e. The number of esters is 1. The smallest absolute Gasteiger partial charge is 0.343 e. The zero-order valence-electron chi connectivity index (χ0n) is 18.5. The first-order chi connectivity index (χ1) is 15.2. The van der Waals surface area contributed by atoms with Gasteiger partial charge in [0.15, 0.2) is 0 Å². The van der Waals surface area contributed by atoms with Crippen molar-refractivity contribution >= 4 is 5.97 Å². The van der Waals surface area contributed by atoms with Crippen LogP contribution in [0.1, 0.15) is 61.9 Å². The summed E-state index contributed by atoms with van der Waals surface area (Å²) in [7, 11) is 0. The maximum absolute atomic E-state index is 12.5. The quantitative estimate of drug-likeness (QED) is 0.194. The summed E-state index contributed by atoms with van der Waals surface area (Å²) in [5.74, 6) is 0.893. The van der Waals surface area contributed by atoms with Crippen molar-refractivity contribution in [3.8, 4) is 22.8 Å². The SMILES string of the molecule is CCCCCc1ccc(-c2ccc(C(=O)Oc3ccc(OCCCC)cc3)cc2)nc1. The Labute approximate surface area is 185 Å². The fourth-order valence-corrected chi connectivity index (χ4v) is 3.20. The molecule has 0 saturated heterocycles. The van der Waals surface area contributed by atoms with Crippen LogP contribution in [0.25, 0.3) is 11.3 Å². The Morgan fingerprint density at radius 2 is 1.52 bits per heavy atom. The van der Waals surface area contributed by atoms with Gasteiger partial charge in [-0.1, -0.05) is 51.3 Å². The standard InChI is InChI=1S/C27H31NO3/c1-3-5-7-8-21-9-18-26(28-20-21)22-10-12-23(13-11-22)27(29)31-25-16-14-24(15-17-25)30-19-6-4-2/h9-18,20H,3-8,19H2,1-2H3. The van der Waals surface area contributed by atoms with Crippen LogP contribution >= 0.6 is 0 Å². The number of nitrogens with zero attached hydrogens (tertiary/aromatic N) is 1. The first-order valence-corrected chi connectivity index (χ1v) is 11.2. The van der Waals surface area contributed by atoms with E-state index < -0.39 is 0 Å². The molecule has 1 aromatic heterocycles. The summed E-state index contributed by atoms with van der Waals surface area (Å²) in [6.07, 6.45) is 8.79. The lowest BCUT2D eigenvalue weighted by molar-refractivity contribution is 0.0734. The Kier molecular flexibility index (Phi) is 8.65. The Morgan fingerprint density at radius 1 is 0.806 bits per heavy atom. The van der Waals surface area contributed by atoms with E-state index in [1.807, 2.05) is 36.5 Å². The number of aromatic nitrogens is 1. The monoisotopic (exact) mass is 417 g/mol. The minimum atomic E-state index is -0.384. The van der Waals surface area contributed by atoms with Gasteiger partial charge in [0.1, 0.15) is 11.5 Å². The van der Waals surface area contributed by atoms with E-state index in [0.717, 1.165) is 36.3 Å². The lowest BCUT2D eigenvalue weighted by atomic mass is 10.1. The molecule has 0 saturated carbocycles. The summed E-state index contributed by atoms with van der Waals surface area (Å²) in [5.41, 5.74) is 3.64. The highest BCUT2D eigenvalue weighted by molar-refractivity contribution is 5.91. The van der Waals surface area contributed by atoms with Crippen molar-refractivity contribution in [1.82, 2.24) is 4.98 Å². The summed E-state index contributed by atoms with van der Waals surface area (Å²) in [6.45, 7) is 5.03. The highest BCUT2D eigenvalue weighted by Gasteiger charge is 2.10. The number of unbranched alkanes of at least 4 members (excludes halogenated alkanes) is 3. The van der Waals surface area contributed by atoms with Gasteiger partial charge in [-0.3, -0.25) is 4.98 Å². The molecule has 3 rings (SSSR count). The fraction of sp³-hybridized carbons (Fsp3) is 0.333. The van der Waals surface area contributed by atoms with Crippen LogP contribution in [-0.4, -0.2) is 17.6 Å². The normalized spacial score (nSPS) is 10.6. The molecular weight excluding hydrogens is 386 g/mol. The predicted molar refractivity (Wildman–Crippen MR) is 125 cm³/mol. The Morgan fingerprint density at radius 3 is 2.16 bits per heavy atom. The number of carbonyl (C=O) groups excluding carboxylic acids is 1. The number of pyridine rings is 1. The average Bonchev–Trinajstić information content (AvgIpc) is 2.81. The van der Waals surface area contributed by atoms with Gasteiger partial charge in [0.2, 0.25) is 0 Å². The number of rotatable bonds is 11. The van der Waals surface area contributed by atoms with Crippen LogP contribution in [0.4, 0.5) is 0 Å². The molecule has 0 aliphatic rings. The summed E-state index contributed by atoms with van der Waals surface area (Å²) < 4.78 is 11.1. The molecule has 2 aromatic carbocycles. The molecule has 0 atom stereocenters. The lowest BCUT2D eigenvalue weighted by Crippen LogP contribution is -2.08. The van der Waals surface area contributed by atoms with Gasteiger partial charge in [-0.05, 0) is 67.3 Å². The number of ether oxygens (including phenoxy) is 2. The molecule has 0 unspecified atom stereocenters. The van der Waals surface area contributed by atoms with Crippen molar-refractivity contribution in [3.05, 3.63) is 78.0 Å². The lowest BCUT2D eigenvalue weighted by Gasteiger charge is -2.08. The molecule has 31 heavy (non-hydrogen) atoms. The van der Waals surface area contributed by atoms with E-state index in [9.17, 15) is 4.79 Å². The Hall–Kier alpha value is -3.14. The van der Waals surface area contributed by atoms with Crippen molar-refractivity contribution in [2.45, 2.75) is 52.4 Å². The first-order valence-electron chi connectivity index (χ1n) is 11.2. The molecule has 0 bridgehead atoms. The maximum Gasteiger partial charge on any atom is 0.343 e. The fourth-order valence-electron chi connectivity index (χ4n) is 3.20. The van der Waals surface area contributed by atoms with E-state index in [1.165, 1.54) is 24.8 Å². The summed E-state index contributed by atoms with van der Waals surface area (Å²) >= 11 is 0. The maximum atomic E-state index is 12.5. The number of carbonyl (C=O) groups is 1. The van der Waals surface area contributed by atoms with Gasteiger partial charge in [0.25, 0.3) is 0 Å². The highest BCUT2D eigenvalue weighted by Crippen LogP contribution is 2.21. The van der Waals surface area contributed by atoms with Crippen molar-refractivity contribution in [3.63, 3.8) is 0 Å². The minimum absolute atomic E-state index is 0.384. The first kappa shape index (κ1) is 22.5. The third-order valence-electron chi connectivity index (χ3n) is 5.11. The summed E-state index contributed by atoms with van der Waals surface area (Å²) in [6, 6.07) is 18.7. The van der Waals surface area contributed by atoms with Crippen LogP contribution in [0.3, 0.4) is 0 Å². The van der Waals surface area contributed by atoms with E-state index in [1.54, 1.807) is 24.3 Å². The Bertz CT molecular complexity index is 932. The number of benzene rings is 2. The molecule has 4 heteroatoms. The molecule has 0 aliphatic heterocycles. The zero-order valence-corrected chi connectivity index (χ0v) is 18.5. The average molecular weight is 418 g/mol. The molecule has 4 nitrogen and oxygen atoms in total. The topological polar surface area (TPSA) is 48.4 Å². The second-order valence-corrected chi connectivity index (χ2v) is 7.65. The van der Waals surface area contributed by atoms with Crippen molar-refractivity contribution in [2.24, 2.45) is 0 Å². The molecule has 0 fully saturated rings.